The lowest BCUT2D eigenvalue weighted by Crippen LogP contribution is -1.98. The molecule has 0 saturated heterocycles. The quantitative estimate of drug-likeness (QED) is 0.330. The molecule has 0 amide bonds. The molecule has 0 fully saturated rings. The number of aryl methyl sites for hydroxylation is 2. The monoisotopic (exact) mass is 465 g/mol. The molecule has 0 bridgehead atoms. The van der Waals surface area contributed by atoms with Crippen molar-refractivity contribution in [1.82, 2.24) is 29.5 Å². The van der Waals surface area contributed by atoms with Gasteiger partial charge in [0, 0.05) is 37.3 Å². The van der Waals surface area contributed by atoms with Crippen LogP contribution in [0.5, 0.6) is 11.5 Å². The Labute approximate surface area is 199 Å². The van der Waals surface area contributed by atoms with Crippen molar-refractivity contribution in [2.24, 2.45) is 7.05 Å². The maximum atomic E-state index is 13.2. The van der Waals surface area contributed by atoms with E-state index in [1.54, 1.807) is 30.6 Å². The molecule has 0 unspecified atom stereocenters. The van der Waals surface area contributed by atoms with Gasteiger partial charge in [-0.1, -0.05) is 0 Å². The maximum Gasteiger partial charge on any atom is 0.208 e. The Morgan fingerprint density at radius 3 is 2.60 bits per heavy atom. The molecule has 0 saturated carbocycles. The van der Waals surface area contributed by atoms with Crippen LogP contribution in [0, 0.1) is 12.7 Å². The minimum Gasteiger partial charge on any atom is -0.457 e. The predicted molar refractivity (Wildman–Crippen MR) is 132 cm³/mol. The number of anilines is 2. The Balaban J connectivity index is 1.27. The maximum absolute atomic E-state index is 13.2. The molecule has 2 N–H and O–H groups in total. The summed E-state index contributed by atoms with van der Waals surface area (Å²) in [6.07, 6.45) is 3.48. The minimum atomic E-state index is -0.284. The molecule has 9 heteroatoms. The third kappa shape index (κ3) is 4.04. The molecule has 0 aliphatic heterocycles. The highest BCUT2D eigenvalue weighted by molar-refractivity contribution is 5.81. The van der Waals surface area contributed by atoms with E-state index < -0.39 is 0 Å². The number of hydrogen-bond donors (Lipinski definition) is 2. The summed E-state index contributed by atoms with van der Waals surface area (Å²) in [4.78, 5) is 21.3. The van der Waals surface area contributed by atoms with E-state index in [2.05, 4.69) is 30.2 Å². The molecule has 6 aromatic rings. The van der Waals surface area contributed by atoms with Gasteiger partial charge in [-0.2, -0.15) is 0 Å². The summed E-state index contributed by atoms with van der Waals surface area (Å²) in [5.41, 5.74) is 5.65. The highest BCUT2D eigenvalue weighted by Crippen LogP contribution is 2.29. The highest BCUT2D eigenvalue weighted by Gasteiger charge is 2.12. The van der Waals surface area contributed by atoms with Gasteiger partial charge in [0.05, 0.1) is 11.0 Å². The number of benzene rings is 2. The summed E-state index contributed by atoms with van der Waals surface area (Å²) in [5, 5.41) is 3.22. The van der Waals surface area contributed by atoms with Crippen molar-refractivity contribution in [1.29, 1.82) is 0 Å². The summed E-state index contributed by atoms with van der Waals surface area (Å²) in [7, 11) is 1.92. The van der Waals surface area contributed by atoms with E-state index in [1.165, 1.54) is 12.1 Å². The first-order valence-electron chi connectivity index (χ1n) is 11.0. The lowest BCUT2D eigenvalue weighted by atomic mass is 10.3. The summed E-state index contributed by atoms with van der Waals surface area (Å²) in [5.74, 6) is 2.25. The summed E-state index contributed by atoms with van der Waals surface area (Å²) < 4.78 is 21.3. The van der Waals surface area contributed by atoms with Crippen molar-refractivity contribution in [2.45, 2.75) is 6.92 Å². The number of nitrogens with zero attached hydrogens (tertiary/aromatic N) is 5. The third-order valence-electron chi connectivity index (χ3n) is 5.64. The van der Waals surface area contributed by atoms with Gasteiger partial charge < -0.3 is 19.6 Å². The second-order valence-corrected chi connectivity index (χ2v) is 8.22. The van der Waals surface area contributed by atoms with Gasteiger partial charge in [0.25, 0.3) is 0 Å². The van der Waals surface area contributed by atoms with Crippen LogP contribution in [-0.4, -0.2) is 29.5 Å². The Morgan fingerprint density at radius 2 is 1.74 bits per heavy atom. The standard InChI is InChI=1S/C26H20FN7O/c1-15-11-22-24(29-14-15)33-25(31-22)21-13-19(9-10-28-21)35-18-7-8-23-20(12-18)32-26(34(23)2)30-17-5-3-16(27)4-6-17/h3-14H,1-2H3,(H,30,32)(H,29,31,33). The van der Waals surface area contributed by atoms with Crippen LogP contribution in [0.4, 0.5) is 16.0 Å². The van der Waals surface area contributed by atoms with Gasteiger partial charge in [0.15, 0.2) is 11.5 Å². The number of rotatable bonds is 5. The van der Waals surface area contributed by atoms with E-state index >= 15 is 0 Å². The number of aromatic amines is 1. The second kappa shape index (κ2) is 8.21. The van der Waals surface area contributed by atoms with E-state index in [9.17, 15) is 4.39 Å². The van der Waals surface area contributed by atoms with Crippen LogP contribution >= 0.6 is 0 Å². The lowest BCUT2D eigenvalue weighted by Gasteiger charge is -2.07. The first-order valence-corrected chi connectivity index (χ1v) is 11.0. The van der Waals surface area contributed by atoms with Gasteiger partial charge in [-0.3, -0.25) is 4.98 Å². The summed E-state index contributed by atoms with van der Waals surface area (Å²) in [6.45, 7) is 1.98. The molecule has 6 rings (SSSR count). The zero-order valence-electron chi connectivity index (χ0n) is 19.0. The Morgan fingerprint density at radius 1 is 0.914 bits per heavy atom. The second-order valence-electron chi connectivity index (χ2n) is 8.22. The molecule has 35 heavy (non-hydrogen) atoms. The van der Waals surface area contributed by atoms with Crippen LogP contribution in [0.25, 0.3) is 33.7 Å². The minimum absolute atomic E-state index is 0.284. The average Bonchev–Trinajstić information content (AvgIpc) is 3.41. The third-order valence-corrected chi connectivity index (χ3v) is 5.64. The first kappa shape index (κ1) is 20.8. The fourth-order valence-electron chi connectivity index (χ4n) is 3.87. The number of ether oxygens (including phenoxy) is 1. The predicted octanol–water partition coefficient (Wildman–Crippen LogP) is 5.89. The van der Waals surface area contributed by atoms with Crippen molar-refractivity contribution in [3.05, 3.63) is 84.4 Å². The van der Waals surface area contributed by atoms with Crippen molar-refractivity contribution < 1.29 is 9.13 Å². The van der Waals surface area contributed by atoms with E-state index in [4.69, 9.17) is 4.74 Å². The fourth-order valence-corrected chi connectivity index (χ4v) is 3.87. The number of imidazole rings is 2. The number of aromatic nitrogens is 6. The highest BCUT2D eigenvalue weighted by atomic mass is 19.1. The Kier molecular flexibility index (Phi) is 4.88. The average molecular weight is 465 g/mol. The molecular formula is C26H20FN7O. The molecular weight excluding hydrogens is 445 g/mol. The lowest BCUT2D eigenvalue weighted by molar-refractivity contribution is 0.483. The largest absolute Gasteiger partial charge is 0.457 e. The molecule has 0 aliphatic carbocycles. The van der Waals surface area contributed by atoms with E-state index in [0.717, 1.165) is 27.8 Å². The number of fused-ring (bicyclic) bond motifs is 2. The van der Waals surface area contributed by atoms with Crippen molar-refractivity contribution in [2.75, 3.05) is 5.32 Å². The SMILES string of the molecule is Cc1cnc2[nH]c(-c3cc(Oc4ccc5c(c4)nc(Nc4ccc(F)cc4)n5C)ccn3)nc2c1. The molecule has 0 aliphatic rings. The normalized spacial score (nSPS) is 11.3. The summed E-state index contributed by atoms with van der Waals surface area (Å²) >= 11 is 0. The van der Waals surface area contributed by atoms with Crippen LogP contribution in [0.3, 0.4) is 0 Å². The number of H-pyrrole nitrogens is 1. The van der Waals surface area contributed by atoms with Gasteiger partial charge in [-0.05, 0) is 61.0 Å². The Bertz CT molecular complexity index is 1690. The van der Waals surface area contributed by atoms with Gasteiger partial charge in [0.2, 0.25) is 5.95 Å². The number of pyridine rings is 2. The van der Waals surface area contributed by atoms with E-state index in [0.29, 0.717) is 34.6 Å². The van der Waals surface area contributed by atoms with Crippen LogP contribution in [0.2, 0.25) is 0 Å². The first-order chi connectivity index (χ1) is 17.0. The summed E-state index contributed by atoms with van der Waals surface area (Å²) in [6, 6.07) is 17.5. The number of hydrogen-bond acceptors (Lipinski definition) is 6. The fraction of sp³-hybridized carbons (Fsp3) is 0.0769. The van der Waals surface area contributed by atoms with Crippen LogP contribution < -0.4 is 10.1 Å². The molecule has 8 nitrogen and oxygen atoms in total. The molecule has 172 valence electrons. The molecule has 0 radical (unpaired) electrons. The van der Waals surface area contributed by atoms with Gasteiger partial charge in [0.1, 0.15) is 28.5 Å². The zero-order valence-corrected chi connectivity index (χ0v) is 19.0. The van der Waals surface area contributed by atoms with Gasteiger partial charge >= 0.3 is 0 Å². The van der Waals surface area contributed by atoms with Crippen molar-refractivity contribution >= 4 is 33.8 Å². The van der Waals surface area contributed by atoms with Crippen LogP contribution in [-0.2, 0) is 7.05 Å². The van der Waals surface area contributed by atoms with E-state index in [1.807, 2.05) is 48.9 Å². The van der Waals surface area contributed by atoms with Crippen LogP contribution in [0.15, 0.2) is 73.1 Å². The van der Waals surface area contributed by atoms with Gasteiger partial charge in [-0.25, -0.2) is 19.3 Å². The molecule has 4 aromatic heterocycles. The molecule has 0 spiro atoms. The molecule has 4 heterocycles. The molecule has 2 aromatic carbocycles. The van der Waals surface area contributed by atoms with Crippen LogP contribution in [0.1, 0.15) is 5.56 Å². The van der Waals surface area contributed by atoms with Gasteiger partial charge in [-0.15, -0.1) is 0 Å². The van der Waals surface area contributed by atoms with Crippen molar-refractivity contribution in [3.8, 4) is 23.0 Å². The topological polar surface area (TPSA) is 93.5 Å². The van der Waals surface area contributed by atoms with E-state index in [-0.39, 0.29) is 5.82 Å². The smallest absolute Gasteiger partial charge is 0.208 e. The molecule has 0 atom stereocenters. The Hall–Kier alpha value is -4.79. The number of halogens is 1. The zero-order chi connectivity index (χ0) is 23.9. The van der Waals surface area contributed by atoms with Crippen molar-refractivity contribution in [3.63, 3.8) is 0 Å². The number of nitrogens with one attached hydrogen (secondary N) is 2.